The number of hydrogen-bond donors (Lipinski definition) is 3. The third-order valence-electron chi connectivity index (χ3n) is 3.62. The molecule has 1 aromatic rings. The van der Waals surface area contributed by atoms with Crippen LogP contribution in [0.25, 0.3) is 0 Å². The van der Waals surface area contributed by atoms with Crippen molar-refractivity contribution in [1.29, 1.82) is 0 Å². The maximum absolute atomic E-state index is 10.7. The first-order valence-corrected chi connectivity index (χ1v) is 8.60. The van der Waals surface area contributed by atoms with E-state index in [2.05, 4.69) is 0 Å². The summed E-state index contributed by atoms with van der Waals surface area (Å²) in [6.45, 7) is 0.343. The van der Waals surface area contributed by atoms with E-state index >= 15 is 0 Å². The van der Waals surface area contributed by atoms with Crippen molar-refractivity contribution >= 4 is 16.5 Å². The van der Waals surface area contributed by atoms with Crippen molar-refractivity contribution in [3.63, 3.8) is 0 Å². The number of hydrogen-bond acceptors (Lipinski definition) is 5. The van der Waals surface area contributed by atoms with Crippen LogP contribution in [0.3, 0.4) is 0 Å². The second-order valence-electron chi connectivity index (χ2n) is 5.07. The Bertz CT molecular complexity index is 572. The summed E-state index contributed by atoms with van der Waals surface area (Å²) < 4.78 is 28.9. The molecule has 5 nitrogen and oxygen atoms in total. The standard InChI is InChI=1S/C15H20N2O3S/c16-11-10-15-20-14-9-5-4-8-13(14)17(21(15,18)19)12-6-2-1-3-7-12/h1-3,5-7,9,15,18-19H,4,8,10-11,16H2. The third-order valence-corrected chi connectivity index (χ3v) is 5.63. The minimum Gasteiger partial charge on any atom is -0.467 e. The Labute approximate surface area is 126 Å². The van der Waals surface area contributed by atoms with Crippen LogP contribution in [0.2, 0.25) is 0 Å². The van der Waals surface area contributed by atoms with E-state index < -0.39 is 16.2 Å². The van der Waals surface area contributed by atoms with E-state index in [0.717, 1.165) is 30.0 Å². The Morgan fingerprint density at radius 2 is 2.05 bits per heavy atom. The van der Waals surface area contributed by atoms with Gasteiger partial charge in [0.15, 0.2) is 0 Å². The SMILES string of the molecule is NCCC1OC2=C(CCC=C2)N(c2ccccc2)S1(O)O. The molecule has 1 aliphatic heterocycles. The molecule has 1 heterocycles. The summed E-state index contributed by atoms with van der Waals surface area (Å²) in [6.07, 6.45) is 5.94. The molecule has 1 atom stereocenters. The first-order chi connectivity index (χ1) is 10.1. The van der Waals surface area contributed by atoms with E-state index in [-0.39, 0.29) is 0 Å². The molecule has 1 aromatic carbocycles. The number of para-hydroxylation sites is 1. The summed E-state index contributed by atoms with van der Waals surface area (Å²) in [5.41, 5.74) is 6.49. The molecule has 0 saturated carbocycles. The number of ether oxygens (including phenoxy) is 1. The largest absolute Gasteiger partial charge is 0.467 e. The highest BCUT2D eigenvalue weighted by Crippen LogP contribution is 2.58. The zero-order chi connectivity index (χ0) is 14.9. The highest BCUT2D eigenvalue weighted by Gasteiger charge is 2.41. The normalized spacial score (nSPS) is 25.3. The molecular formula is C15H20N2O3S. The molecule has 2 aliphatic rings. The van der Waals surface area contributed by atoms with Crippen molar-refractivity contribution in [2.45, 2.75) is 24.7 Å². The van der Waals surface area contributed by atoms with Crippen LogP contribution in [0.4, 0.5) is 5.69 Å². The van der Waals surface area contributed by atoms with Gasteiger partial charge in [0.1, 0.15) is 5.76 Å². The fraction of sp³-hybridized carbons (Fsp3) is 0.333. The van der Waals surface area contributed by atoms with E-state index in [1.807, 2.05) is 42.5 Å². The second kappa shape index (κ2) is 5.73. The minimum atomic E-state index is -3.11. The Hall–Kier alpha value is -1.47. The molecule has 0 spiro atoms. The second-order valence-corrected chi connectivity index (χ2v) is 7.08. The lowest BCUT2D eigenvalue weighted by Crippen LogP contribution is -2.41. The van der Waals surface area contributed by atoms with E-state index in [1.165, 1.54) is 0 Å². The topological polar surface area (TPSA) is 79.0 Å². The van der Waals surface area contributed by atoms with Crippen LogP contribution in [0.5, 0.6) is 0 Å². The van der Waals surface area contributed by atoms with Gasteiger partial charge in [-0.3, -0.25) is 9.11 Å². The smallest absolute Gasteiger partial charge is 0.207 e. The lowest BCUT2D eigenvalue weighted by atomic mass is 10.1. The summed E-state index contributed by atoms with van der Waals surface area (Å²) in [5, 5.41) is 0. The fourth-order valence-electron chi connectivity index (χ4n) is 2.65. The Morgan fingerprint density at radius 3 is 2.76 bits per heavy atom. The van der Waals surface area contributed by atoms with Gasteiger partial charge in [-0.15, -0.1) is 0 Å². The highest BCUT2D eigenvalue weighted by molar-refractivity contribution is 8.26. The lowest BCUT2D eigenvalue weighted by molar-refractivity contribution is 0.158. The number of anilines is 1. The Balaban J connectivity index is 2.09. The molecule has 4 N–H and O–H groups in total. The molecule has 0 aromatic heterocycles. The Kier molecular flexibility index (Phi) is 3.95. The van der Waals surface area contributed by atoms with Gasteiger partial charge in [-0.25, -0.2) is 4.31 Å². The monoisotopic (exact) mass is 308 g/mol. The molecular weight excluding hydrogens is 288 g/mol. The fourth-order valence-corrected chi connectivity index (χ4v) is 4.51. The van der Waals surface area contributed by atoms with Gasteiger partial charge in [0.25, 0.3) is 0 Å². The average Bonchev–Trinajstić information content (AvgIpc) is 2.49. The number of allylic oxidation sites excluding steroid dienone is 3. The van der Waals surface area contributed by atoms with Crippen LogP contribution < -0.4 is 10.0 Å². The number of nitrogens with zero attached hydrogens (tertiary/aromatic N) is 1. The third kappa shape index (κ3) is 2.55. The van der Waals surface area contributed by atoms with Crippen molar-refractivity contribution in [3.8, 4) is 0 Å². The van der Waals surface area contributed by atoms with Crippen LogP contribution in [0.15, 0.2) is 53.9 Å². The van der Waals surface area contributed by atoms with Gasteiger partial charge in [-0.2, -0.15) is 0 Å². The number of rotatable bonds is 3. The van der Waals surface area contributed by atoms with Crippen LogP contribution in [0, 0.1) is 0 Å². The Morgan fingerprint density at radius 1 is 1.29 bits per heavy atom. The lowest BCUT2D eigenvalue weighted by Gasteiger charge is -2.53. The summed E-state index contributed by atoms with van der Waals surface area (Å²) >= 11 is 0. The van der Waals surface area contributed by atoms with Gasteiger partial charge in [-0.05, 0) is 37.6 Å². The van der Waals surface area contributed by atoms with Gasteiger partial charge in [0.2, 0.25) is 5.44 Å². The van der Waals surface area contributed by atoms with E-state index in [9.17, 15) is 9.11 Å². The molecule has 6 heteroatoms. The summed E-state index contributed by atoms with van der Waals surface area (Å²) in [6, 6.07) is 9.43. The first-order valence-electron chi connectivity index (χ1n) is 7.03. The van der Waals surface area contributed by atoms with Gasteiger partial charge in [0.05, 0.1) is 11.4 Å². The van der Waals surface area contributed by atoms with Gasteiger partial charge < -0.3 is 10.5 Å². The van der Waals surface area contributed by atoms with Crippen LogP contribution in [-0.4, -0.2) is 21.1 Å². The molecule has 1 aliphatic carbocycles. The number of benzene rings is 1. The van der Waals surface area contributed by atoms with Crippen LogP contribution >= 0.6 is 10.8 Å². The summed E-state index contributed by atoms with van der Waals surface area (Å²) in [4.78, 5) is 0. The molecule has 0 saturated heterocycles. The molecule has 21 heavy (non-hydrogen) atoms. The molecule has 0 fully saturated rings. The number of nitrogens with two attached hydrogens (primary N) is 1. The zero-order valence-electron chi connectivity index (χ0n) is 11.7. The summed E-state index contributed by atoms with van der Waals surface area (Å²) in [7, 11) is -3.11. The molecule has 0 amide bonds. The quantitative estimate of drug-likeness (QED) is 0.797. The van der Waals surface area contributed by atoms with Gasteiger partial charge >= 0.3 is 0 Å². The van der Waals surface area contributed by atoms with Gasteiger partial charge in [0, 0.05) is 6.42 Å². The van der Waals surface area contributed by atoms with Crippen LogP contribution in [0.1, 0.15) is 19.3 Å². The van der Waals surface area contributed by atoms with Gasteiger partial charge in [-0.1, -0.05) is 35.1 Å². The van der Waals surface area contributed by atoms with Crippen molar-refractivity contribution in [2.24, 2.45) is 5.73 Å². The van der Waals surface area contributed by atoms with Crippen molar-refractivity contribution in [3.05, 3.63) is 53.9 Å². The van der Waals surface area contributed by atoms with Crippen molar-refractivity contribution < 1.29 is 13.8 Å². The zero-order valence-corrected chi connectivity index (χ0v) is 12.5. The predicted octanol–water partition coefficient (Wildman–Crippen LogP) is 3.43. The van der Waals surface area contributed by atoms with Crippen molar-refractivity contribution in [2.75, 3.05) is 10.8 Å². The molecule has 0 bridgehead atoms. The molecule has 114 valence electrons. The van der Waals surface area contributed by atoms with Crippen LogP contribution in [-0.2, 0) is 4.74 Å². The predicted molar refractivity (Wildman–Crippen MR) is 85.7 cm³/mol. The molecule has 0 radical (unpaired) electrons. The van der Waals surface area contributed by atoms with E-state index in [0.29, 0.717) is 13.0 Å². The highest BCUT2D eigenvalue weighted by atomic mass is 32.3. The van der Waals surface area contributed by atoms with E-state index in [1.54, 1.807) is 4.31 Å². The molecule has 3 rings (SSSR count). The maximum Gasteiger partial charge on any atom is 0.207 e. The average molecular weight is 308 g/mol. The first kappa shape index (κ1) is 14.5. The van der Waals surface area contributed by atoms with E-state index in [4.69, 9.17) is 10.5 Å². The van der Waals surface area contributed by atoms with Crippen molar-refractivity contribution in [1.82, 2.24) is 0 Å². The molecule has 1 unspecified atom stereocenters. The summed E-state index contributed by atoms with van der Waals surface area (Å²) in [5.74, 6) is 0.717. The minimum absolute atomic E-state index is 0.343. The maximum atomic E-state index is 10.7.